The normalized spacial score (nSPS) is 18.1. The number of piperidine rings is 1. The summed E-state index contributed by atoms with van der Waals surface area (Å²) in [5, 5.41) is 0. The number of hydrogen-bond acceptors (Lipinski definition) is 3. The predicted octanol–water partition coefficient (Wildman–Crippen LogP) is 3.03. The molecule has 0 saturated carbocycles. The van der Waals surface area contributed by atoms with E-state index in [1.165, 1.54) is 37.3 Å². The SMILES string of the molecule is COCCN1CCC(c2cccc(C(C)C)n2)CC1. The Morgan fingerprint density at radius 1 is 1.32 bits per heavy atom. The molecule has 2 rings (SSSR count). The molecule has 1 aliphatic rings. The lowest BCUT2D eigenvalue weighted by atomic mass is 9.92. The second-order valence-electron chi connectivity index (χ2n) is 5.75. The molecule has 1 aromatic rings. The Labute approximate surface area is 117 Å². The van der Waals surface area contributed by atoms with Crippen molar-refractivity contribution >= 4 is 0 Å². The number of likely N-dealkylation sites (tertiary alicyclic amines) is 1. The van der Waals surface area contributed by atoms with Gasteiger partial charge < -0.3 is 9.64 Å². The van der Waals surface area contributed by atoms with Crippen molar-refractivity contribution in [2.75, 3.05) is 33.4 Å². The molecule has 1 aliphatic heterocycles. The summed E-state index contributed by atoms with van der Waals surface area (Å²) in [4.78, 5) is 7.33. The largest absolute Gasteiger partial charge is 0.383 e. The fourth-order valence-corrected chi connectivity index (χ4v) is 2.69. The van der Waals surface area contributed by atoms with Gasteiger partial charge in [0.25, 0.3) is 0 Å². The van der Waals surface area contributed by atoms with Gasteiger partial charge in [-0.05, 0) is 44.0 Å². The summed E-state index contributed by atoms with van der Waals surface area (Å²) in [6, 6.07) is 6.50. The zero-order valence-corrected chi connectivity index (χ0v) is 12.4. The second-order valence-corrected chi connectivity index (χ2v) is 5.75. The molecule has 0 amide bonds. The lowest BCUT2D eigenvalue weighted by Gasteiger charge is -2.31. The summed E-state index contributed by atoms with van der Waals surface area (Å²) < 4.78 is 5.14. The number of nitrogens with zero attached hydrogens (tertiary/aromatic N) is 2. The third-order valence-electron chi connectivity index (χ3n) is 4.00. The molecule has 0 unspecified atom stereocenters. The van der Waals surface area contributed by atoms with Crippen molar-refractivity contribution in [1.82, 2.24) is 9.88 Å². The van der Waals surface area contributed by atoms with Crippen LogP contribution in [0.2, 0.25) is 0 Å². The van der Waals surface area contributed by atoms with Crippen molar-refractivity contribution in [3.8, 4) is 0 Å². The van der Waals surface area contributed by atoms with Crippen molar-refractivity contribution in [3.05, 3.63) is 29.6 Å². The highest BCUT2D eigenvalue weighted by molar-refractivity contribution is 5.17. The lowest BCUT2D eigenvalue weighted by Crippen LogP contribution is -2.35. The van der Waals surface area contributed by atoms with Crippen molar-refractivity contribution in [2.45, 2.75) is 38.5 Å². The maximum absolute atomic E-state index is 5.14. The second kappa shape index (κ2) is 7.01. The molecule has 0 aliphatic carbocycles. The van der Waals surface area contributed by atoms with Crippen LogP contribution in [0.1, 0.15) is 49.9 Å². The van der Waals surface area contributed by atoms with E-state index in [-0.39, 0.29) is 0 Å². The third kappa shape index (κ3) is 4.02. The van der Waals surface area contributed by atoms with Crippen molar-refractivity contribution in [1.29, 1.82) is 0 Å². The Morgan fingerprint density at radius 2 is 2.05 bits per heavy atom. The molecule has 0 atom stereocenters. The Bertz CT molecular complexity index is 384. The zero-order valence-electron chi connectivity index (χ0n) is 12.4. The van der Waals surface area contributed by atoms with Crippen LogP contribution in [0.3, 0.4) is 0 Å². The molecule has 3 nitrogen and oxygen atoms in total. The first-order valence-electron chi connectivity index (χ1n) is 7.39. The molecule has 0 radical (unpaired) electrons. The smallest absolute Gasteiger partial charge is 0.0589 e. The van der Waals surface area contributed by atoms with Gasteiger partial charge in [-0.3, -0.25) is 4.98 Å². The molecular weight excluding hydrogens is 236 g/mol. The molecule has 0 spiro atoms. The number of hydrogen-bond donors (Lipinski definition) is 0. The molecule has 19 heavy (non-hydrogen) atoms. The van der Waals surface area contributed by atoms with E-state index >= 15 is 0 Å². The zero-order chi connectivity index (χ0) is 13.7. The molecule has 1 aromatic heterocycles. The Hall–Kier alpha value is -0.930. The first-order valence-corrected chi connectivity index (χ1v) is 7.39. The van der Waals surface area contributed by atoms with Gasteiger partial charge in [0.2, 0.25) is 0 Å². The summed E-state index contributed by atoms with van der Waals surface area (Å²) in [5.74, 6) is 1.15. The van der Waals surface area contributed by atoms with E-state index in [1.54, 1.807) is 7.11 Å². The Morgan fingerprint density at radius 3 is 2.68 bits per heavy atom. The summed E-state index contributed by atoms with van der Waals surface area (Å²) in [5.41, 5.74) is 2.51. The number of pyridine rings is 1. The van der Waals surface area contributed by atoms with Gasteiger partial charge in [0.15, 0.2) is 0 Å². The highest BCUT2D eigenvalue weighted by atomic mass is 16.5. The summed E-state index contributed by atoms with van der Waals surface area (Å²) >= 11 is 0. The number of ether oxygens (including phenoxy) is 1. The Balaban J connectivity index is 1.92. The molecule has 0 N–H and O–H groups in total. The van der Waals surface area contributed by atoms with Crippen LogP contribution in [0.5, 0.6) is 0 Å². The van der Waals surface area contributed by atoms with Crippen molar-refractivity contribution in [3.63, 3.8) is 0 Å². The molecule has 2 heterocycles. The highest BCUT2D eigenvalue weighted by Crippen LogP contribution is 2.27. The van der Waals surface area contributed by atoms with Gasteiger partial charge in [-0.1, -0.05) is 19.9 Å². The maximum atomic E-state index is 5.14. The predicted molar refractivity (Wildman–Crippen MR) is 78.6 cm³/mol. The monoisotopic (exact) mass is 262 g/mol. The van der Waals surface area contributed by atoms with Gasteiger partial charge in [0.05, 0.1) is 6.61 Å². The molecular formula is C16H26N2O. The minimum Gasteiger partial charge on any atom is -0.383 e. The quantitative estimate of drug-likeness (QED) is 0.815. The van der Waals surface area contributed by atoms with E-state index < -0.39 is 0 Å². The molecule has 0 bridgehead atoms. The fraction of sp³-hybridized carbons (Fsp3) is 0.688. The van der Waals surface area contributed by atoms with E-state index in [9.17, 15) is 0 Å². The molecule has 106 valence electrons. The van der Waals surface area contributed by atoms with E-state index in [1.807, 2.05) is 0 Å². The summed E-state index contributed by atoms with van der Waals surface area (Å²) in [7, 11) is 1.77. The lowest BCUT2D eigenvalue weighted by molar-refractivity contribution is 0.130. The molecule has 3 heteroatoms. The van der Waals surface area contributed by atoms with Crippen LogP contribution in [0, 0.1) is 0 Å². The summed E-state index contributed by atoms with van der Waals surface area (Å²) in [6.45, 7) is 8.65. The van der Waals surface area contributed by atoms with Crippen molar-refractivity contribution in [2.24, 2.45) is 0 Å². The van der Waals surface area contributed by atoms with Gasteiger partial charge in [0, 0.05) is 31.0 Å². The van der Waals surface area contributed by atoms with Gasteiger partial charge in [-0.2, -0.15) is 0 Å². The molecule has 1 saturated heterocycles. The van der Waals surface area contributed by atoms with E-state index in [2.05, 4.69) is 36.9 Å². The Kier molecular flexibility index (Phi) is 5.34. The van der Waals surface area contributed by atoms with E-state index in [0.717, 1.165) is 13.2 Å². The van der Waals surface area contributed by atoms with Crippen LogP contribution in [-0.2, 0) is 4.74 Å². The van der Waals surface area contributed by atoms with Gasteiger partial charge >= 0.3 is 0 Å². The first kappa shape index (κ1) is 14.5. The number of rotatable bonds is 5. The fourth-order valence-electron chi connectivity index (χ4n) is 2.69. The molecule has 0 aromatic carbocycles. The summed E-state index contributed by atoms with van der Waals surface area (Å²) in [6.07, 6.45) is 2.44. The van der Waals surface area contributed by atoms with Gasteiger partial charge in [-0.25, -0.2) is 0 Å². The minimum absolute atomic E-state index is 0.516. The topological polar surface area (TPSA) is 25.4 Å². The average molecular weight is 262 g/mol. The van der Waals surface area contributed by atoms with Crippen LogP contribution in [0.25, 0.3) is 0 Å². The van der Waals surface area contributed by atoms with Crippen LogP contribution < -0.4 is 0 Å². The van der Waals surface area contributed by atoms with Crippen molar-refractivity contribution < 1.29 is 4.74 Å². The minimum atomic E-state index is 0.516. The average Bonchev–Trinajstić information content (AvgIpc) is 2.46. The number of aromatic nitrogens is 1. The van der Waals surface area contributed by atoms with E-state index in [0.29, 0.717) is 11.8 Å². The van der Waals surface area contributed by atoms with Crippen LogP contribution in [-0.4, -0.2) is 43.2 Å². The number of methoxy groups -OCH3 is 1. The first-order chi connectivity index (χ1) is 9.20. The third-order valence-corrected chi connectivity index (χ3v) is 4.00. The van der Waals surface area contributed by atoms with Crippen LogP contribution in [0.15, 0.2) is 18.2 Å². The maximum Gasteiger partial charge on any atom is 0.0589 e. The van der Waals surface area contributed by atoms with Gasteiger partial charge in [-0.15, -0.1) is 0 Å². The standard InChI is InChI=1S/C16H26N2O/c1-13(2)15-5-4-6-16(17-15)14-7-9-18(10-8-14)11-12-19-3/h4-6,13-14H,7-12H2,1-3H3. The van der Waals surface area contributed by atoms with Gasteiger partial charge in [0.1, 0.15) is 0 Å². The molecule has 1 fully saturated rings. The van der Waals surface area contributed by atoms with E-state index in [4.69, 9.17) is 9.72 Å². The highest BCUT2D eigenvalue weighted by Gasteiger charge is 2.21. The van der Waals surface area contributed by atoms with Crippen LogP contribution >= 0.6 is 0 Å². The van der Waals surface area contributed by atoms with Crippen LogP contribution in [0.4, 0.5) is 0 Å².